The third-order valence-corrected chi connectivity index (χ3v) is 6.04. The van der Waals surface area contributed by atoms with Gasteiger partial charge in [-0.05, 0) is 37.3 Å². The van der Waals surface area contributed by atoms with Gasteiger partial charge >= 0.3 is 0 Å². The lowest BCUT2D eigenvalue weighted by Crippen LogP contribution is -2.28. The molecule has 1 aromatic heterocycles. The van der Waals surface area contributed by atoms with E-state index in [9.17, 15) is 13.6 Å². The molecule has 34 heavy (non-hydrogen) atoms. The highest BCUT2D eigenvalue weighted by Gasteiger charge is 2.19. The van der Waals surface area contributed by atoms with Crippen LogP contribution < -0.4 is 10.1 Å². The second-order valence-corrected chi connectivity index (χ2v) is 8.40. The second-order valence-electron chi connectivity index (χ2n) is 7.45. The van der Waals surface area contributed by atoms with Gasteiger partial charge in [0.1, 0.15) is 17.4 Å². The average molecular weight is 481 g/mol. The third kappa shape index (κ3) is 5.26. The molecule has 1 atom stereocenters. The van der Waals surface area contributed by atoms with Crippen molar-refractivity contribution < 1.29 is 18.3 Å². The number of ether oxygens (including phenoxy) is 1. The molecule has 1 heterocycles. The van der Waals surface area contributed by atoms with Gasteiger partial charge < -0.3 is 10.1 Å². The van der Waals surface area contributed by atoms with Gasteiger partial charge in [0.25, 0.3) is 0 Å². The molecule has 0 aliphatic carbocycles. The van der Waals surface area contributed by atoms with Crippen LogP contribution in [0.25, 0.3) is 17.1 Å². The summed E-state index contributed by atoms with van der Waals surface area (Å²) < 4.78 is 34.4. The molecule has 1 N–H and O–H groups in total. The van der Waals surface area contributed by atoms with Crippen LogP contribution in [-0.2, 0) is 4.79 Å². The molecule has 1 amide bonds. The lowest BCUT2D eigenvalue weighted by atomic mass is 10.1. The van der Waals surface area contributed by atoms with Crippen molar-refractivity contribution in [2.75, 3.05) is 12.9 Å². The average Bonchev–Trinajstić information content (AvgIpc) is 3.27. The van der Waals surface area contributed by atoms with Gasteiger partial charge in [0.05, 0.1) is 18.9 Å². The van der Waals surface area contributed by atoms with Gasteiger partial charge in [0.15, 0.2) is 11.0 Å². The quantitative estimate of drug-likeness (QED) is 0.352. The van der Waals surface area contributed by atoms with Crippen LogP contribution in [0.1, 0.15) is 18.5 Å². The number of para-hydroxylation sites is 1. The first-order valence-electron chi connectivity index (χ1n) is 10.5. The molecule has 0 saturated heterocycles. The lowest BCUT2D eigenvalue weighted by Gasteiger charge is -2.15. The maximum atomic E-state index is 14.0. The predicted octanol–water partition coefficient (Wildman–Crippen LogP) is 5.19. The maximum Gasteiger partial charge on any atom is 0.230 e. The number of aromatic nitrogens is 3. The number of amides is 1. The molecular formula is C25H22F2N4O2S. The van der Waals surface area contributed by atoms with E-state index in [-0.39, 0.29) is 17.2 Å². The van der Waals surface area contributed by atoms with Gasteiger partial charge in [-0.15, -0.1) is 10.2 Å². The van der Waals surface area contributed by atoms with E-state index in [4.69, 9.17) is 4.74 Å². The number of halogens is 2. The molecule has 6 nitrogen and oxygen atoms in total. The van der Waals surface area contributed by atoms with E-state index in [0.717, 1.165) is 23.4 Å². The number of benzene rings is 3. The number of nitrogens with one attached hydrogen (secondary N) is 1. The zero-order valence-electron chi connectivity index (χ0n) is 18.5. The summed E-state index contributed by atoms with van der Waals surface area (Å²) in [4.78, 5) is 12.6. The first kappa shape index (κ1) is 23.4. The highest BCUT2D eigenvalue weighted by molar-refractivity contribution is 7.99. The fourth-order valence-electron chi connectivity index (χ4n) is 3.47. The van der Waals surface area contributed by atoms with Crippen LogP contribution >= 0.6 is 11.8 Å². The largest absolute Gasteiger partial charge is 0.497 e. The van der Waals surface area contributed by atoms with Crippen molar-refractivity contribution in [3.05, 3.63) is 90.0 Å². The SMILES string of the molecule is COc1cccc(-c2nnc(SCC(=O)NC(C)c3ccc(F)cc3F)n2-c2ccccc2)c1. The molecular weight excluding hydrogens is 458 g/mol. The van der Waals surface area contributed by atoms with E-state index < -0.39 is 17.7 Å². The van der Waals surface area contributed by atoms with Gasteiger partial charge in [-0.1, -0.05) is 48.2 Å². The highest BCUT2D eigenvalue weighted by Crippen LogP contribution is 2.29. The van der Waals surface area contributed by atoms with E-state index in [0.29, 0.717) is 16.7 Å². The van der Waals surface area contributed by atoms with Gasteiger partial charge in [-0.3, -0.25) is 9.36 Å². The molecule has 0 aliphatic heterocycles. The summed E-state index contributed by atoms with van der Waals surface area (Å²) in [5.41, 5.74) is 1.87. The summed E-state index contributed by atoms with van der Waals surface area (Å²) in [7, 11) is 1.60. The van der Waals surface area contributed by atoms with Crippen molar-refractivity contribution in [1.82, 2.24) is 20.1 Å². The maximum absolute atomic E-state index is 14.0. The lowest BCUT2D eigenvalue weighted by molar-refractivity contribution is -0.119. The predicted molar refractivity (Wildman–Crippen MR) is 127 cm³/mol. The fourth-order valence-corrected chi connectivity index (χ4v) is 4.23. The van der Waals surface area contributed by atoms with E-state index in [1.165, 1.54) is 17.8 Å². The Balaban J connectivity index is 1.55. The van der Waals surface area contributed by atoms with E-state index in [1.807, 2.05) is 59.2 Å². The number of methoxy groups -OCH3 is 1. The molecule has 1 unspecified atom stereocenters. The molecule has 174 valence electrons. The minimum Gasteiger partial charge on any atom is -0.497 e. The van der Waals surface area contributed by atoms with Crippen molar-refractivity contribution in [3.63, 3.8) is 0 Å². The molecule has 0 aliphatic rings. The first-order valence-corrected chi connectivity index (χ1v) is 11.5. The summed E-state index contributed by atoms with van der Waals surface area (Å²) >= 11 is 1.21. The highest BCUT2D eigenvalue weighted by atomic mass is 32.2. The molecule has 0 spiro atoms. The molecule has 4 aromatic rings. The Morgan fingerprint density at radius 2 is 1.85 bits per heavy atom. The number of rotatable bonds is 8. The minimum atomic E-state index is -0.702. The van der Waals surface area contributed by atoms with Crippen LogP contribution in [0, 0.1) is 11.6 Å². The zero-order valence-corrected chi connectivity index (χ0v) is 19.4. The van der Waals surface area contributed by atoms with Crippen molar-refractivity contribution in [2.24, 2.45) is 0 Å². The van der Waals surface area contributed by atoms with Gasteiger partial charge in [0.2, 0.25) is 5.91 Å². The van der Waals surface area contributed by atoms with Crippen LogP contribution in [0.15, 0.2) is 78.0 Å². The summed E-state index contributed by atoms with van der Waals surface area (Å²) in [5, 5.41) is 11.9. The Kier molecular flexibility index (Phi) is 7.22. The minimum absolute atomic E-state index is 0.0379. The standard InChI is InChI=1S/C25H22F2N4O2S/c1-16(21-12-11-18(26)14-22(21)27)28-23(32)15-34-25-30-29-24(17-7-6-10-20(13-17)33-2)31(25)19-8-4-3-5-9-19/h3-14,16H,15H2,1-2H3,(H,28,32). The van der Waals surface area contributed by atoms with Crippen LogP contribution in [0.2, 0.25) is 0 Å². The fraction of sp³-hybridized carbons (Fsp3) is 0.160. The Bertz CT molecular complexity index is 1300. The smallest absolute Gasteiger partial charge is 0.230 e. The number of nitrogens with zero attached hydrogens (tertiary/aromatic N) is 3. The second kappa shape index (κ2) is 10.5. The zero-order chi connectivity index (χ0) is 24.1. The number of hydrogen-bond donors (Lipinski definition) is 1. The summed E-state index contributed by atoms with van der Waals surface area (Å²) in [6.45, 7) is 1.65. The number of carbonyl (C=O) groups is 1. The number of carbonyl (C=O) groups excluding carboxylic acids is 1. The van der Waals surface area contributed by atoms with Crippen molar-refractivity contribution >= 4 is 17.7 Å². The van der Waals surface area contributed by atoms with Crippen molar-refractivity contribution in [1.29, 1.82) is 0 Å². The van der Waals surface area contributed by atoms with E-state index >= 15 is 0 Å². The molecule has 0 bridgehead atoms. The van der Waals surface area contributed by atoms with E-state index in [1.54, 1.807) is 14.0 Å². The Morgan fingerprint density at radius 1 is 1.06 bits per heavy atom. The number of hydrogen-bond acceptors (Lipinski definition) is 5. The monoisotopic (exact) mass is 480 g/mol. The summed E-state index contributed by atoms with van der Waals surface area (Å²) in [6, 6.07) is 19.7. The summed E-state index contributed by atoms with van der Waals surface area (Å²) in [6.07, 6.45) is 0. The van der Waals surface area contributed by atoms with Crippen molar-refractivity contribution in [2.45, 2.75) is 18.1 Å². The van der Waals surface area contributed by atoms with Crippen LogP contribution in [0.4, 0.5) is 8.78 Å². The molecule has 0 fully saturated rings. The summed E-state index contributed by atoms with van der Waals surface area (Å²) in [5.74, 6) is -0.345. The van der Waals surface area contributed by atoms with Gasteiger partial charge in [-0.2, -0.15) is 0 Å². The molecule has 4 rings (SSSR count). The van der Waals surface area contributed by atoms with Crippen LogP contribution in [0.3, 0.4) is 0 Å². The van der Waals surface area contributed by atoms with E-state index in [2.05, 4.69) is 15.5 Å². The van der Waals surface area contributed by atoms with Crippen LogP contribution in [0.5, 0.6) is 5.75 Å². The Morgan fingerprint density at radius 3 is 2.59 bits per heavy atom. The molecule has 9 heteroatoms. The molecule has 0 radical (unpaired) electrons. The van der Waals surface area contributed by atoms with Gasteiger partial charge in [-0.25, -0.2) is 8.78 Å². The first-order chi connectivity index (χ1) is 16.5. The molecule has 0 saturated carbocycles. The Hall–Kier alpha value is -3.72. The normalized spacial score (nSPS) is 11.8. The van der Waals surface area contributed by atoms with Crippen molar-refractivity contribution in [3.8, 4) is 22.8 Å². The van der Waals surface area contributed by atoms with Gasteiger partial charge in [0, 0.05) is 22.9 Å². The third-order valence-electron chi connectivity index (χ3n) is 5.11. The Labute approximate surface area is 200 Å². The van der Waals surface area contributed by atoms with Crippen LogP contribution in [-0.4, -0.2) is 33.5 Å². The number of thioether (sulfide) groups is 1. The molecule has 3 aromatic carbocycles. The topological polar surface area (TPSA) is 69.0 Å².